The highest BCUT2D eigenvalue weighted by Gasteiger charge is 2.39. The zero-order chi connectivity index (χ0) is 24.4. The van der Waals surface area contributed by atoms with Gasteiger partial charge in [0.2, 0.25) is 0 Å². The molecule has 172 valence electrons. The Morgan fingerprint density at radius 3 is 1.97 bits per heavy atom. The van der Waals surface area contributed by atoms with Crippen molar-refractivity contribution in [3.8, 4) is 28.0 Å². The Labute approximate surface area is 197 Å². The Morgan fingerprint density at radius 1 is 0.727 bits per heavy atom. The summed E-state index contributed by atoms with van der Waals surface area (Å²) in [7, 11) is -5.86. The normalized spacial score (nSPS) is 12.9. The molecule has 0 aliphatic heterocycles. The molecule has 0 saturated carbocycles. The summed E-state index contributed by atoms with van der Waals surface area (Å²) in [6, 6.07) is 21.9. The van der Waals surface area contributed by atoms with Gasteiger partial charge >= 0.3 is 16.5 Å². The van der Waals surface area contributed by atoms with Crippen molar-refractivity contribution in [1.82, 2.24) is 0 Å². The first-order valence-corrected chi connectivity index (χ1v) is 12.9. The van der Waals surface area contributed by atoms with E-state index in [0.717, 1.165) is 27.8 Å². The molecule has 2 unspecified atom stereocenters. The molecular formula is C26H30O5P2+2. The zero-order valence-corrected chi connectivity index (χ0v) is 21.6. The first-order valence-electron chi connectivity index (χ1n) is 10.7. The summed E-state index contributed by atoms with van der Waals surface area (Å²) in [5.41, 5.74) is 5.83. The van der Waals surface area contributed by atoms with Crippen LogP contribution in [0.2, 0.25) is 0 Å². The van der Waals surface area contributed by atoms with Gasteiger partial charge in [0.1, 0.15) is 0 Å². The van der Waals surface area contributed by atoms with Gasteiger partial charge in [0.15, 0.2) is 10.1 Å². The summed E-state index contributed by atoms with van der Waals surface area (Å²) in [6.45, 7) is 13.0. The van der Waals surface area contributed by atoms with Crippen molar-refractivity contribution in [2.24, 2.45) is 0 Å². The summed E-state index contributed by atoms with van der Waals surface area (Å²) in [4.78, 5) is 8.96. The minimum atomic E-state index is -3.04. The van der Waals surface area contributed by atoms with Crippen LogP contribution in [0.25, 0.3) is 22.3 Å². The minimum absolute atomic E-state index is 0.0205. The van der Waals surface area contributed by atoms with Crippen LogP contribution in [0.15, 0.2) is 66.7 Å². The number of benzene rings is 3. The van der Waals surface area contributed by atoms with Crippen LogP contribution in [-0.2, 0) is 24.3 Å². The standard InChI is InChI=1S/C26H29O5P2/c1-25(2,3)20-13-14-21(23(17-20)26(4,5)6)22-16-19(18-10-8-7-9-11-18)12-15-24(22)30-33(29)31-32(27)28/h7-17H,1-6H3/q+1/p+1. The van der Waals surface area contributed by atoms with Gasteiger partial charge in [0.05, 0.1) is 0 Å². The molecule has 3 rings (SSSR count). The third kappa shape index (κ3) is 6.34. The highest BCUT2D eigenvalue weighted by Crippen LogP contribution is 2.45. The first-order chi connectivity index (χ1) is 15.4. The molecule has 0 bridgehead atoms. The van der Waals surface area contributed by atoms with Gasteiger partial charge in [-0.05, 0) is 50.8 Å². The van der Waals surface area contributed by atoms with Gasteiger partial charge in [-0.2, -0.15) is 0 Å². The molecule has 1 N–H and O–H groups in total. The van der Waals surface area contributed by atoms with Crippen LogP contribution in [-0.4, -0.2) is 4.89 Å². The summed E-state index contributed by atoms with van der Waals surface area (Å²) < 4.78 is 33.1. The van der Waals surface area contributed by atoms with Gasteiger partial charge < -0.3 is 0 Å². The van der Waals surface area contributed by atoms with E-state index in [0.29, 0.717) is 5.75 Å². The highest BCUT2D eigenvalue weighted by atomic mass is 31.2. The fourth-order valence-corrected chi connectivity index (χ4v) is 4.56. The molecule has 0 fully saturated rings. The van der Waals surface area contributed by atoms with E-state index >= 15 is 0 Å². The fourth-order valence-electron chi connectivity index (χ4n) is 3.65. The molecular weight excluding hydrogens is 454 g/mol. The van der Waals surface area contributed by atoms with Gasteiger partial charge in [-0.25, -0.2) is 4.52 Å². The van der Waals surface area contributed by atoms with Crippen molar-refractivity contribution < 1.29 is 22.9 Å². The van der Waals surface area contributed by atoms with Crippen molar-refractivity contribution >= 4 is 16.5 Å². The maximum atomic E-state index is 12.2. The second-order valence-corrected chi connectivity index (χ2v) is 11.7. The number of rotatable bonds is 6. The molecule has 3 aromatic carbocycles. The Bertz CT molecular complexity index is 1180. The maximum Gasteiger partial charge on any atom is 0.800 e. The second-order valence-electron chi connectivity index (χ2n) is 9.97. The second kappa shape index (κ2) is 9.83. The summed E-state index contributed by atoms with van der Waals surface area (Å²) in [6.07, 6.45) is 0. The molecule has 0 saturated heterocycles. The van der Waals surface area contributed by atoms with E-state index in [2.05, 4.69) is 64.1 Å². The number of hydrogen-bond acceptors (Lipinski definition) is 4. The van der Waals surface area contributed by atoms with Crippen molar-refractivity contribution in [3.63, 3.8) is 0 Å². The molecule has 0 radical (unpaired) electrons. The SMILES string of the molecule is CC(C)(C)c1ccc(-c2cc(-c3ccccc3)ccc2O[P+](=O)O[P+](=O)O)c(C(C)(C)C)c1. The van der Waals surface area contributed by atoms with E-state index in [1.807, 2.05) is 42.5 Å². The largest absolute Gasteiger partial charge is 0.800 e. The highest BCUT2D eigenvalue weighted by molar-refractivity contribution is 7.47. The van der Waals surface area contributed by atoms with E-state index in [-0.39, 0.29) is 10.8 Å². The average Bonchev–Trinajstić information content (AvgIpc) is 2.72. The molecule has 33 heavy (non-hydrogen) atoms. The quantitative estimate of drug-likeness (QED) is 0.356. The van der Waals surface area contributed by atoms with E-state index in [1.54, 1.807) is 6.07 Å². The van der Waals surface area contributed by atoms with Crippen molar-refractivity contribution in [3.05, 3.63) is 77.9 Å². The van der Waals surface area contributed by atoms with Gasteiger partial charge in [0, 0.05) is 14.7 Å². The molecule has 2 atom stereocenters. The Hall–Kier alpha value is -2.42. The van der Waals surface area contributed by atoms with Crippen molar-refractivity contribution in [2.75, 3.05) is 0 Å². The predicted octanol–water partition coefficient (Wildman–Crippen LogP) is 8.32. The smallest absolute Gasteiger partial charge is 0.226 e. The lowest BCUT2D eigenvalue weighted by atomic mass is 9.77. The van der Waals surface area contributed by atoms with Crippen LogP contribution in [0.3, 0.4) is 0 Å². The summed E-state index contributed by atoms with van der Waals surface area (Å²) >= 11 is 0. The molecule has 0 amide bonds. The third-order valence-corrected chi connectivity index (χ3v) is 6.82. The lowest BCUT2D eigenvalue weighted by Gasteiger charge is -2.28. The fraction of sp³-hybridized carbons (Fsp3) is 0.308. The van der Waals surface area contributed by atoms with E-state index in [4.69, 9.17) is 9.42 Å². The van der Waals surface area contributed by atoms with Crippen LogP contribution in [0.1, 0.15) is 52.7 Å². The molecule has 5 nitrogen and oxygen atoms in total. The third-order valence-electron chi connectivity index (χ3n) is 5.38. The van der Waals surface area contributed by atoms with Crippen LogP contribution in [0.4, 0.5) is 0 Å². The lowest BCUT2D eigenvalue weighted by Crippen LogP contribution is -2.17. The van der Waals surface area contributed by atoms with Gasteiger partial charge in [-0.1, -0.05) is 96.1 Å². The van der Waals surface area contributed by atoms with Crippen LogP contribution < -0.4 is 4.52 Å². The minimum Gasteiger partial charge on any atom is -0.226 e. The summed E-state index contributed by atoms with van der Waals surface area (Å²) in [5, 5.41) is 0. The maximum absolute atomic E-state index is 12.2. The van der Waals surface area contributed by atoms with E-state index in [9.17, 15) is 9.13 Å². The topological polar surface area (TPSA) is 72.8 Å². The van der Waals surface area contributed by atoms with Gasteiger partial charge in [0.25, 0.3) is 0 Å². The molecule has 0 aromatic heterocycles. The van der Waals surface area contributed by atoms with Crippen molar-refractivity contribution in [2.45, 2.75) is 52.4 Å². The van der Waals surface area contributed by atoms with Gasteiger partial charge in [-0.15, -0.1) is 4.89 Å². The Balaban J connectivity index is 2.24. The Morgan fingerprint density at radius 2 is 1.39 bits per heavy atom. The van der Waals surface area contributed by atoms with Crippen LogP contribution >= 0.6 is 16.5 Å². The first kappa shape index (κ1) is 25.2. The molecule has 7 heteroatoms. The molecule has 0 heterocycles. The predicted molar refractivity (Wildman–Crippen MR) is 134 cm³/mol. The zero-order valence-electron chi connectivity index (χ0n) is 19.8. The van der Waals surface area contributed by atoms with E-state index < -0.39 is 16.5 Å². The Kier molecular flexibility index (Phi) is 7.51. The summed E-state index contributed by atoms with van der Waals surface area (Å²) in [5.74, 6) is 0.321. The van der Waals surface area contributed by atoms with E-state index in [1.165, 1.54) is 5.56 Å². The monoisotopic (exact) mass is 484 g/mol. The molecule has 3 aromatic rings. The lowest BCUT2D eigenvalue weighted by molar-refractivity contribution is 0.375. The number of hydrogen-bond donors (Lipinski definition) is 1. The van der Waals surface area contributed by atoms with Crippen LogP contribution in [0, 0.1) is 0 Å². The van der Waals surface area contributed by atoms with Crippen LogP contribution in [0.5, 0.6) is 5.75 Å². The molecule has 0 aliphatic carbocycles. The molecule has 0 spiro atoms. The average molecular weight is 484 g/mol. The molecule has 0 aliphatic rings. The van der Waals surface area contributed by atoms with Crippen molar-refractivity contribution in [1.29, 1.82) is 0 Å². The van der Waals surface area contributed by atoms with Gasteiger partial charge in [-0.3, -0.25) is 0 Å².